The second-order valence-electron chi connectivity index (χ2n) is 8.79. The average Bonchev–Trinajstić information content (AvgIpc) is 3.35. The fourth-order valence-electron chi connectivity index (χ4n) is 3.98. The van der Waals surface area contributed by atoms with Gasteiger partial charge in [0.2, 0.25) is 10.0 Å². The Balaban J connectivity index is 1.70. The third-order valence-electron chi connectivity index (χ3n) is 6.08. The molecule has 9 nitrogen and oxygen atoms in total. The van der Waals surface area contributed by atoms with Gasteiger partial charge in [-0.15, -0.1) is 11.3 Å². The summed E-state index contributed by atoms with van der Waals surface area (Å²) < 4.78 is 41.5. The predicted octanol–water partition coefficient (Wildman–Crippen LogP) is 3.93. The molecule has 0 amide bonds. The molecule has 4 aromatic rings. The molecule has 1 atom stereocenters. The monoisotopic (exact) mass is 553 g/mol. The van der Waals surface area contributed by atoms with Crippen molar-refractivity contribution in [2.75, 3.05) is 39.3 Å². The third kappa shape index (κ3) is 6.48. The zero-order chi connectivity index (χ0) is 27.3. The Morgan fingerprint density at radius 1 is 1.13 bits per heavy atom. The molecule has 4 N–H and O–H groups in total. The molecule has 0 bridgehead atoms. The van der Waals surface area contributed by atoms with E-state index in [-0.39, 0.29) is 10.7 Å². The minimum atomic E-state index is -3.91. The number of aromatic nitrogens is 1. The molecule has 0 saturated heterocycles. The van der Waals surface area contributed by atoms with E-state index in [1.54, 1.807) is 50.6 Å². The number of thiazole rings is 1. The number of amidine groups is 1. The smallest absolute Gasteiger partial charge is 0.241 e. The van der Waals surface area contributed by atoms with Crippen LogP contribution in [0.2, 0.25) is 0 Å². The highest BCUT2D eigenvalue weighted by Crippen LogP contribution is 2.32. The molecule has 4 rings (SSSR count). The number of benzene rings is 3. The number of methoxy groups -OCH3 is 2. The number of nitrogens with one attached hydrogen (secondary N) is 2. The van der Waals surface area contributed by atoms with E-state index < -0.39 is 16.1 Å². The molecule has 1 heterocycles. The lowest BCUT2D eigenvalue weighted by molar-refractivity contribution is 0.206. The van der Waals surface area contributed by atoms with Crippen LogP contribution in [0.3, 0.4) is 0 Å². The van der Waals surface area contributed by atoms with Gasteiger partial charge in [-0.05, 0) is 54.4 Å². The molecular formula is C27H31N5O4S2. The second-order valence-corrected chi connectivity index (χ2v) is 11.6. The van der Waals surface area contributed by atoms with Crippen molar-refractivity contribution >= 4 is 43.1 Å². The first-order chi connectivity index (χ1) is 18.2. The maximum atomic E-state index is 13.6. The summed E-state index contributed by atoms with van der Waals surface area (Å²) >= 11 is 1.41. The molecule has 38 heavy (non-hydrogen) atoms. The van der Waals surface area contributed by atoms with Gasteiger partial charge in [0.25, 0.3) is 0 Å². The van der Waals surface area contributed by atoms with Gasteiger partial charge in [0, 0.05) is 32.0 Å². The molecule has 0 spiro atoms. The topological polar surface area (TPSA) is 131 Å². The van der Waals surface area contributed by atoms with E-state index in [1.165, 1.54) is 11.3 Å². The Hall–Kier alpha value is -3.51. The Labute approximate surface area is 226 Å². The molecular weight excluding hydrogens is 522 g/mol. The lowest BCUT2D eigenvalue weighted by Crippen LogP contribution is -2.30. The van der Waals surface area contributed by atoms with Crippen molar-refractivity contribution in [2.45, 2.75) is 17.4 Å². The summed E-state index contributed by atoms with van der Waals surface area (Å²) in [4.78, 5) is 6.84. The van der Waals surface area contributed by atoms with Crippen LogP contribution in [-0.4, -0.2) is 53.7 Å². The molecule has 0 aliphatic rings. The van der Waals surface area contributed by atoms with Gasteiger partial charge in [-0.1, -0.05) is 24.3 Å². The second kappa shape index (κ2) is 11.9. The molecule has 0 aliphatic carbocycles. The number of anilines is 1. The van der Waals surface area contributed by atoms with Gasteiger partial charge in [-0.25, -0.2) is 18.1 Å². The van der Waals surface area contributed by atoms with Crippen LogP contribution >= 0.6 is 11.3 Å². The highest BCUT2D eigenvalue weighted by atomic mass is 32.2. The van der Waals surface area contributed by atoms with E-state index in [4.69, 9.17) is 25.6 Å². The summed E-state index contributed by atoms with van der Waals surface area (Å²) in [6, 6.07) is 19.0. The Bertz CT molecular complexity index is 1540. The van der Waals surface area contributed by atoms with Crippen LogP contribution in [0.25, 0.3) is 10.2 Å². The molecule has 3 aromatic carbocycles. The van der Waals surface area contributed by atoms with Crippen molar-refractivity contribution in [2.24, 2.45) is 5.73 Å². The van der Waals surface area contributed by atoms with Crippen LogP contribution in [0.15, 0.2) is 71.6 Å². The van der Waals surface area contributed by atoms with E-state index in [1.807, 2.05) is 42.3 Å². The average molecular weight is 554 g/mol. The maximum Gasteiger partial charge on any atom is 0.241 e. The number of nitrogen functional groups attached to an aromatic ring is 1. The first kappa shape index (κ1) is 27.5. The van der Waals surface area contributed by atoms with E-state index in [9.17, 15) is 8.42 Å². The molecule has 0 fully saturated rings. The highest BCUT2D eigenvalue weighted by molar-refractivity contribution is 7.89. The number of sulfonamides is 1. The number of ether oxygens (including phenoxy) is 2. The van der Waals surface area contributed by atoms with Crippen molar-refractivity contribution in [3.8, 4) is 5.75 Å². The van der Waals surface area contributed by atoms with Crippen molar-refractivity contribution in [3.05, 3.63) is 82.9 Å². The van der Waals surface area contributed by atoms with Gasteiger partial charge in [0.05, 0.1) is 34.9 Å². The summed E-state index contributed by atoms with van der Waals surface area (Å²) in [5.74, 6) is 0.652. The number of nitrogens with zero attached hydrogens (tertiary/aromatic N) is 2. The minimum Gasteiger partial charge on any atom is -0.497 e. The first-order valence-electron chi connectivity index (χ1n) is 11.9. The van der Waals surface area contributed by atoms with Gasteiger partial charge in [-0.2, -0.15) is 0 Å². The Morgan fingerprint density at radius 3 is 2.66 bits per heavy atom. The van der Waals surface area contributed by atoms with Gasteiger partial charge in [0.15, 0.2) is 0 Å². The van der Waals surface area contributed by atoms with E-state index in [0.29, 0.717) is 35.9 Å². The summed E-state index contributed by atoms with van der Waals surface area (Å²) in [5.41, 5.74) is 8.62. The first-order valence-corrected chi connectivity index (χ1v) is 14.2. The van der Waals surface area contributed by atoms with Crippen molar-refractivity contribution in [3.63, 3.8) is 0 Å². The highest BCUT2D eigenvalue weighted by Gasteiger charge is 2.25. The maximum absolute atomic E-state index is 13.6. The van der Waals surface area contributed by atoms with Gasteiger partial charge in [-0.3, -0.25) is 5.41 Å². The van der Waals surface area contributed by atoms with Crippen LogP contribution in [0.1, 0.15) is 22.2 Å². The van der Waals surface area contributed by atoms with Crippen molar-refractivity contribution in [1.29, 1.82) is 5.41 Å². The van der Waals surface area contributed by atoms with Crippen LogP contribution in [-0.2, 0) is 21.2 Å². The number of fused-ring (bicyclic) bond motifs is 1. The number of hydrogen-bond donors (Lipinski definition) is 3. The molecule has 1 aromatic heterocycles. The van der Waals surface area contributed by atoms with E-state index >= 15 is 0 Å². The SMILES string of the molecule is COCCN(C)c1cccc(S(=O)(=O)NC(Cc2cccc(C(=N)N)c2)c2nc3ccc(OC)cc3s2)c1. The number of likely N-dealkylation sites (N-methyl/N-ethyl adjacent to an activating group) is 1. The summed E-state index contributed by atoms with van der Waals surface area (Å²) in [6.45, 7) is 1.15. The zero-order valence-electron chi connectivity index (χ0n) is 21.5. The van der Waals surface area contributed by atoms with Gasteiger partial charge < -0.3 is 20.1 Å². The quantitative estimate of drug-likeness (QED) is 0.179. The standard InChI is InChI=1S/C27H31N5O4S2/c1-32(12-13-35-2)20-8-5-9-22(16-20)38(33,34)31-24(15-18-6-4-7-19(14-18)26(28)29)27-30-23-11-10-21(36-3)17-25(23)37-27/h4-11,14,16-17,24,31H,12-13,15H2,1-3H3,(H3,28,29). The Kier molecular flexibility index (Phi) is 8.62. The summed E-state index contributed by atoms with van der Waals surface area (Å²) in [5, 5.41) is 8.40. The molecule has 0 radical (unpaired) electrons. The van der Waals surface area contributed by atoms with Crippen LogP contribution < -0.4 is 20.1 Å². The Morgan fingerprint density at radius 2 is 1.92 bits per heavy atom. The summed E-state index contributed by atoms with van der Waals surface area (Å²) in [6.07, 6.45) is 0.324. The number of nitrogens with two attached hydrogens (primary N) is 1. The molecule has 11 heteroatoms. The lowest BCUT2D eigenvalue weighted by Gasteiger charge is -2.21. The normalized spacial score (nSPS) is 12.4. The van der Waals surface area contributed by atoms with Gasteiger partial charge >= 0.3 is 0 Å². The van der Waals surface area contributed by atoms with Gasteiger partial charge in [0.1, 0.15) is 16.6 Å². The van der Waals surface area contributed by atoms with E-state index in [0.717, 1.165) is 21.5 Å². The largest absolute Gasteiger partial charge is 0.497 e. The summed E-state index contributed by atoms with van der Waals surface area (Å²) in [7, 11) is 1.20. The lowest BCUT2D eigenvalue weighted by atomic mass is 10.0. The van der Waals surface area contributed by atoms with Crippen LogP contribution in [0.5, 0.6) is 5.75 Å². The van der Waals surface area contributed by atoms with E-state index in [2.05, 4.69) is 4.72 Å². The molecule has 0 aliphatic heterocycles. The molecule has 0 saturated carbocycles. The number of rotatable bonds is 12. The fourth-order valence-corrected chi connectivity index (χ4v) is 6.34. The molecule has 200 valence electrons. The molecule has 1 unspecified atom stereocenters. The zero-order valence-corrected chi connectivity index (χ0v) is 23.1. The predicted molar refractivity (Wildman–Crippen MR) is 152 cm³/mol. The minimum absolute atomic E-state index is 0.0505. The fraction of sp³-hybridized carbons (Fsp3) is 0.259. The van der Waals surface area contributed by atoms with Crippen molar-refractivity contribution in [1.82, 2.24) is 9.71 Å². The third-order valence-corrected chi connectivity index (χ3v) is 8.69. The van der Waals surface area contributed by atoms with Crippen LogP contribution in [0, 0.1) is 5.41 Å². The van der Waals surface area contributed by atoms with Crippen LogP contribution in [0.4, 0.5) is 5.69 Å². The van der Waals surface area contributed by atoms with Crippen molar-refractivity contribution < 1.29 is 17.9 Å². The number of hydrogen-bond acceptors (Lipinski definition) is 8.